The minimum Gasteiger partial charge on any atom is -0.377 e. The molecule has 1 amide bonds. The van der Waals surface area contributed by atoms with Gasteiger partial charge in [0.1, 0.15) is 0 Å². The SMILES string of the molecule is C=CC(=O)N[C@@H](COC(C)C)CN(C)C. The van der Waals surface area contributed by atoms with Crippen LogP contribution >= 0.6 is 0 Å². The van der Waals surface area contributed by atoms with Gasteiger partial charge in [-0.25, -0.2) is 0 Å². The zero-order chi connectivity index (χ0) is 11.8. The van der Waals surface area contributed by atoms with Crippen LogP contribution in [0.2, 0.25) is 0 Å². The van der Waals surface area contributed by atoms with E-state index in [1.807, 2.05) is 32.8 Å². The molecule has 0 fully saturated rings. The zero-order valence-corrected chi connectivity index (χ0v) is 10.1. The van der Waals surface area contributed by atoms with E-state index < -0.39 is 0 Å². The Hall–Kier alpha value is -0.870. The summed E-state index contributed by atoms with van der Waals surface area (Å²) in [7, 11) is 3.92. The van der Waals surface area contributed by atoms with Gasteiger partial charge in [-0.05, 0) is 34.0 Å². The monoisotopic (exact) mass is 214 g/mol. The molecule has 1 N–H and O–H groups in total. The molecule has 0 aliphatic heterocycles. The van der Waals surface area contributed by atoms with Crippen molar-refractivity contribution in [2.24, 2.45) is 0 Å². The van der Waals surface area contributed by atoms with Crippen molar-refractivity contribution < 1.29 is 9.53 Å². The van der Waals surface area contributed by atoms with Gasteiger partial charge >= 0.3 is 0 Å². The van der Waals surface area contributed by atoms with Crippen molar-refractivity contribution in [3.63, 3.8) is 0 Å². The smallest absolute Gasteiger partial charge is 0.243 e. The Balaban J connectivity index is 4.05. The zero-order valence-electron chi connectivity index (χ0n) is 10.1. The van der Waals surface area contributed by atoms with E-state index in [0.29, 0.717) is 6.61 Å². The predicted molar refractivity (Wildman–Crippen MR) is 61.8 cm³/mol. The van der Waals surface area contributed by atoms with Crippen LogP contribution in [0.5, 0.6) is 0 Å². The molecule has 0 bridgehead atoms. The highest BCUT2D eigenvalue weighted by molar-refractivity contribution is 5.87. The summed E-state index contributed by atoms with van der Waals surface area (Å²) in [6.45, 7) is 8.65. The first-order valence-electron chi connectivity index (χ1n) is 5.15. The van der Waals surface area contributed by atoms with Crippen LogP contribution in [0.1, 0.15) is 13.8 Å². The van der Waals surface area contributed by atoms with Crippen LogP contribution in [0, 0.1) is 0 Å². The lowest BCUT2D eigenvalue weighted by molar-refractivity contribution is -0.117. The van der Waals surface area contributed by atoms with Gasteiger partial charge in [-0.15, -0.1) is 0 Å². The molecule has 0 radical (unpaired) electrons. The molecule has 0 unspecified atom stereocenters. The first-order valence-corrected chi connectivity index (χ1v) is 5.15. The number of likely N-dealkylation sites (N-methyl/N-ethyl adjacent to an activating group) is 1. The number of hydrogen-bond acceptors (Lipinski definition) is 3. The number of nitrogens with one attached hydrogen (secondary N) is 1. The standard InChI is InChI=1S/C11H22N2O2/c1-6-11(14)12-10(7-13(4)5)8-15-9(2)3/h6,9-10H,1,7-8H2,2-5H3,(H,12,14)/t10-/m1/s1. The number of ether oxygens (including phenoxy) is 1. The van der Waals surface area contributed by atoms with Gasteiger partial charge in [-0.3, -0.25) is 4.79 Å². The summed E-state index contributed by atoms with van der Waals surface area (Å²) in [5.41, 5.74) is 0. The van der Waals surface area contributed by atoms with Crippen molar-refractivity contribution >= 4 is 5.91 Å². The molecule has 0 aromatic carbocycles. The van der Waals surface area contributed by atoms with Gasteiger partial charge in [-0.2, -0.15) is 0 Å². The summed E-state index contributed by atoms with van der Waals surface area (Å²) >= 11 is 0. The van der Waals surface area contributed by atoms with Crippen LogP contribution in [0.3, 0.4) is 0 Å². The second-order valence-electron chi connectivity index (χ2n) is 4.05. The summed E-state index contributed by atoms with van der Waals surface area (Å²) in [5, 5.41) is 2.83. The minimum atomic E-state index is -0.158. The van der Waals surface area contributed by atoms with E-state index in [9.17, 15) is 4.79 Å². The Morgan fingerprint density at radius 3 is 2.53 bits per heavy atom. The molecule has 0 saturated heterocycles. The average Bonchev–Trinajstić information content (AvgIpc) is 2.13. The Bertz CT molecular complexity index is 203. The summed E-state index contributed by atoms with van der Waals surface area (Å²) in [6.07, 6.45) is 1.45. The van der Waals surface area contributed by atoms with Crippen LogP contribution in [0.4, 0.5) is 0 Å². The number of carbonyl (C=O) groups excluding carboxylic acids is 1. The molecule has 15 heavy (non-hydrogen) atoms. The van der Waals surface area contributed by atoms with Crippen molar-refractivity contribution in [2.45, 2.75) is 26.0 Å². The topological polar surface area (TPSA) is 41.6 Å². The fraction of sp³-hybridized carbons (Fsp3) is 0.727. The second kappa shape index (κ2) is 7.43. The molecule has 0 spiro atoms. The molecule has 88 valence electrons. The van der Waals surface area contributed by atoms with Crippen LogP contribution < -0.4 is 5.32 Å². The molecular weight excluding hydrogens is 192 g/mol. The fourth-order valence-corrected chi connectivity index (χ4v) is 1.15. The lowest BCUT2D eigenvalue weighted by atomic mass is 10.3. The fourth-order valence-electron chi connectivity index (χ4n) is 1.15. The first kappa shape index (κ1) is 14.1. The largest absolute Gasteiger partial charge is 0.377 e. The maximum atomic E-state index is 11.1. The van der Waals surface area contributed by atoms with E-state index in [4.69, 9.17) is 4.74 Å². The van der Waals surface area contributed by atoms with Gasteiger partial charge in [-0.1, -0.05) is 6.58 Å². The van der Waals surface area contributed by atoms with Crippen LogP contribution in [0.25, 0.3) is 0 Å². The lowest BCUT2D eigenvalue weighted by Gasteiger charge is -2.22. The molecule has 0 rings (SSSR count). The molecule has 4 heteroatoms. The van der Waals surface area contributed by atoms with Crippen LogP contribution in [-0.4, -0.2) is 50.2 Å². The molecule has 4 nitrogen and oxygen atoms in total. The first-order chi connectivity index (χ1) is 6.95. The molecule has 0 aromatic heterocycles. The minimum absolute atomic E-state index is 0.00731. The summed E-state index contributed by atoms with van der Waals surface area (Å²) in [6, 6.07) is 0.00731. The Labute approximate surface area is 92.3 Å². The number of hydrogen-bond donors (Lipinski definition) is 1. The van der Waals surface area contributed by atoms with Gasteiger partial charge in [0.2, 0.25) is 5.91 Å². The third kappa shape index (κ3) is 8.15. The van der Waals surface area contributed by atoms with E-state index in [1.54, 1.807) is 0 Å². The van der Waals surface area contributed by atoms with Crippen LogP contribution in [-0.2, 0) is 9.53 Å². The highest BCUT2D eigenvalue weighted by Gasteiger charge is 2.12. The van der Waals surface area contributed by atoms with E-state index in [-0.39, 0.29) is 18.1 Å². The number of rotatable bonds is 7. The second-order valence-corrected chi connectivity index (χ2v) is 4.05. The molecule has 0 saturated carbocycles. The van der Waals surface area contributed by atoms with E-state index in [0.717, 1.165) is 6.54 Å². The van der Waals surface area contributed by atoms with Gasteiger partial charge < -0.3 is 15.0 Å². The molecule has 0 aromatic rings. The number of nitrogens with zero attached hydrogens (tertiary/aromatic N) is 1. The van der Waals surface area contributed by atoms with Crippen molar-refractivity contribution in [3.05, 3.63) is 12.7 Å². The normalized spacial score (nSPS) is 12.9. The van der Waals surface area contributed by atoms with E-state index in [1.165, 1.54) is 6.08 Å². The number of carbonyl (C=O) groups is 1. The Morgan fingerprint density at radius 1 is 1.53 bits per heavy atom. The third-order valence-electron chi connectivity index (χ3n) is 1.75. The van der Waals surface area contributed by atoms with Gasteiger partial charge in [0.05, 0.1) is 18.8 Å². The molecule has 0 aliphatic carbocycles. The lowest BCUT2D eigenvalue weighted by Crippen LogP contribution is -2.44. The highest BCUT2D eigenvalue weighted by atomic mass is 16.5. The Morgan fingerprint density at radius 2 is 2.13 bits per heavy atom. The maximum absolute atomic E-state index is 11.1. The molecular formula is C11H22N2O2. The molecule has 0 aliphatic rings. The quantitative estimate of drug-likeness (QED) is 0.632. The predicted octanol–water partition coefficient (Wildman–Crippen LogP) is 0.644. The van der Waals surface area contributed by atoms with Crippen molar-refractivity contribution in [1.29, 1.82) is 0 Å². The van der Waals surface area contributed by atoms with Crippen molar-refractivity contribution in [3.8, 4) is 0 Å². The Kier molecular flexibility index (Phi) is 6.99. The number of amides is 1. The average molecular weight is 214 g/mol. The van der Waals surface area contributed by atoms with Gasteiger partial charge in [0, 0.05) is 6.54 Å². The van der Waals surface area contributed by atoms with Crippen molar-refractivity contribution in [2.75, 3.05) is 27.2 Å². The molecule has 1 atom stereocenters. The van der Waals surface area contributed by atoms with Gasteiger partial charge in [0.15, 0.2) is 0 Å². The van der Waals surface area contributed by atoms with Crippen LogP contribution in [0.15, 0.2) is 12.7 Å². The van der Waals surface area contributed by atoms with E-state index in [2.05, 4.69) is 11.9 Å². The summed E-state index contributed by atoms with van der Waals surface area (Å²) < 4.78 is 5.47. The summed E-state index contributed by atoms with van der Waals surface area (Å²) in [5.74, 6) is -0.158. The highest BCUT2D eigenvalue weighted by Crippen LogP contribution is 1.94. The molecule has 0 heterocycles. The summed E-state index contributed by atoms with van der Waals surface area (Å²) in [4.78, 5) is 13.2. The maximum Gasteiger partial charge on any atom is 0.243 e. The van der Waals surface area contributed by atoms with Crippen molar-refractivity contribution in [1.82, 2.24) is 10.2 Å². The van der Waals surface area contributed by atoms with Gasteiger partial charge in [0.25, 0.3) is 0 Å². The van der Waals surface area contributed by atoms with E-state index >= 15 is 0 Å². The third-order valence-corrected chi connectivity index (χ3v) is 1.75.